The lowest BCUT2D eigenvalue weighted by molar-refractivity contribution is 0.0697. The van der Waals surface area contributed by atoms with Crippen molar-refractivity contribution in [2.24, 2.45) is 5.10 Å². The van der Waals surface area contributed by atoms with Crippen LogP contribution in [-0.4, -0.2) is 17.3 Å². The summed E-state index contributed by atoms with van der Waals surface area (Å²) in [5, 5.41) is 13.1. The molecule has 0 bridgehead atoms. The van der Waals surface area contributed by atoms with Crippen molar-refractivity contribution < 1.29 is 9.90 Å². The van der Waals surface area contributed by atoms with Crippen LogP contribution in [0.25, 0.3) is 6.08 Å². The van der Waals surface area contributed by atoms with Crippen LogP contribution >= 0.6 is 11.6 Å². The van der Waals surface area contributed by atoms with Gasteiger partial charge >= 0.3 is 5.97 Å². The van der Waals surface area contributed by atoms with Crippen LogP contribution in [0.2, 0.25) is 5.02 Å². The first-order valence-electron chi connectivity index (χ1n) is 6.20. The molecule has 0 amide bonds. The first-order valence-corrected chi connectivity index (χ1v) is 6.58. The number of carboxylic acids is 1. The molecule has 0 saturated heterocycles. The molecular weight excluding hydrogens is 288 g/mol. The maximum absolute atomic E-state index is 10.9. The zero-order chi connectivity index (χ0) is 15.1. The van der Waals surface area contributed by atoms with E-state index in [0.717, 1.165) is 5.56 Å². The number of carbonyl (C=O) groups is 1. The van der Waals surface area contributed by atoms with Gasteiger partial charge in [-0.05, 0) is 29.8 Å². The molecule has 2 aromatic carbocycles. The third kappa shape index (κ3) is 4.47. The molecule has 0 spiro atoms. The SMILES string of the molecule is O=C(O)c1cc(N/N=C/C=C/c2ccccc2)ccc1Cl. The van der Waals surface area contributed by atoms with E-state index in [9.17, 15) is 4.79 Å². The average molecular weight is 301 g/mol. The van der Waals surface area contributed by atoms with Gasteiger partial charge in [-0.3, -0.25) is 5.43 Å². The minimum Gasteiger partial charge on any atom is -0.478 e. The minimum absolute atomic E-state index is 0.0386. The summed E-state index contributed by atoms with van der Waals surface area (Å²) in [6, 6.07) is 14.4. The van der Waals surface area contributed by atoms with Gasteiger partial charge in [0.25, 0.3) is 0 Å². The Bertz CT molecular complexity index is 682. The fraction of sp³-hybridized carbons (Fsp3) is 0. The Labute approximate surface area is 127 Å². The topological polar surface area (TPSA) is 61.7 Å². The summed E-state index contributed by atoms with van der Waals surface area (Å²) in [4.78, 5) is 10.9. The Hall–Kier alpha value is -2.59. The second-order valence-electron chi connectivity index (χ2n) is 4.16. The maximum Gasteiger partial charge on any atom is 0.337 e. The second-order valence-corrected chi connectivity index (χ2v) is 4.57. The smallest absolute Gasteiger partial charge is 0.337 e. The van der Waals surface area contributed by atoms with Crippen molar-refractivity contribution in [2.75, 3.05) is 5.43 Å². The standard InChI is InChI=1S/C16H13ClN2O2/c17-15-9-8-13(11-14(15)16(20)21)19-18-10-4-7-12-5-2-1-3-6-12/h1-11,19H,(H,20,21)/b7-4+,18-10+. The van der Waals surface area contributed by atoms with Crippen LogP contribution in [0.15, 0.2) is 59.7 Å². The maximum atomic E-state index is 10.9. The van der Waals surface area contributed by atoms with Gasteiger partial charge in [-0.25, -0.2) is 4.79 Å². The number of allylic oxidation sites excluding steroid dienone is 1. The third-order valence-electron chi connectivity index (χ3n) is 2.64. The quantitative estimate of drug-likeness (QED) is 0.644. The minimum atomic E-state index is -1.07. The molecule has 0 aliphatic rings. The molecule has 2 N–H and O–H groups in total. The highest BCUT2D eigenvalue weighted by atomic mass is 35.5. The highest BCUT2D eigenvalue weighted by Gasteiger charge is 2.08. The van der Waals surface area contributed by atoms with Gasteiger partial charge in [-0.15, -0.1) is 0 Å². The molecule has 2 aromatic rings. The van der Waals surface area contributed by atoms with Gasteiger partial charge in [0.05, 0.1) is 16.3 Å². The van der Waals surface area contributed by atoms with Crippen molar-refractivity contribution in [2.45, 2.75) is 0 Å². The monoisotopic (exact) mass is 300 g/mol. The number of nitrogens with zero attached hydrogens (tertiary/aromatic N) is 1. The molecule has 5 heteroatoms. The molecule has 4 nitrogen and oxygen atoms in total. The Morgan fingerprint density at radius 3 is 2.67 bits per heavy atom. The van der Waals surface area contributed by atoms with E-state index < -0.39 is 5.97 Å². The molecule has 0 atom stereocenters. The average Bonchev–Trinajstić information content (AvgIpc) is 2.49. The van der Waals surface area contributed by atoms with Gasteiger partial charge in [0, 0.05) is 6.21 Å². The fourth-order valence-corrected chi connectivity index (χ4v) is 1.83. The van der Waals surface area contributed by atoms with Crippen LogP contribution in [0.1, 0.15) is 15.9 Å². The van der Waals surface area contributed by atoms with E-state index in [1.807, 2.05) is 36.4 Å². The predicted octanol–water partition coefficient (Wildman–Crippen LogP) is 4.15. The van der Waals surface area contributed by atoms with Crippen molar-refractivity contribution in [3.05, 3.63) is 70.8 Å². The van der Waals surface area contributed by atoms with Crippen LogP contribution < -0.4 is 5.43 Å². The Balaban J connectivity index is 1.97. The van der Waals surface area contributed by atoms with E-state index in [0.29, 0.717) is 5.69 Å². The van der Waals surface area contributed by atoms with Crippen LogP contribution in [0.3, 0.4) is 0 Å². The van der Waals surface area contributed by atoms with Crippen molar-refractivity contribution in [3.63, 3.8) is 0 Å². The highest BCUT2D eigenvalue weighted by molar-refractivity contribution is 6.33. The van der Waals surface area contributed by atoms with Gasteiger partial charge < -0.3 is 5.11 Å². The van der Waals surface area contributed by atoms with E-state index in [4.69, 9.17) is 16.7 Å². The number of anilines is 1. The van der Waals surface area contributed by atoms with Gasteiger partial charge in [0.15, 0.2) is 0 Å². The van der Waals surface area contributed by atoms with Gasteiger partial charge in [0.1, 0.15) is 0 Å². The first kappa shape index (κ1) is 14.8. The van der Waals surface area contributed by atoms with Crippen molar-refractivity contribution >= 4 is 35.5 Å². The van der Waals surface area contributed by atoms with Gasteiger partial charge in [-0.1, -0.05) is 48.0 Å². The molecule has 0 unspecified atom stereocenters. The molecule has 21 heavy (non-hydrogen) atoms. The van der Waals surface area contributed by atoms with Crippen LogP contribution in [0.4, 0.5) is 5.69 Å². The molecule has 0 aliphatic heterocycles. The Kier molecular flexibility index (Phi) is 5.12. The van der Waals surface area contributed by atoms with Crippen molar-refractivity contribution in [1.82, 2.24) is 0 Å². The highest BCUT2D eigenvalue weighted by Crippen LogP contribution is 2.20. The summed E-state index contributed by atoms with van der Waals surface area (Å²) < 4.78 is 0. The van der Waals surface area contributed by atoms with Crippen LogP contribution in [-0.2, 0) is 0 Å². The summed E-state index contributed by atoms with van der Waals surface area (Å²) in [5.41, 5.74) is 4.42. The molecule has 106 valence electrons. The van der Waals surface area contributed by atoms with Crippen LogP contribution in [0, 0.1) is 0 Å². The molecule has 2 rings (SSSR count). The number of benzene rings is 2. The molecule has 0 heterocycles. The zero-order valence-electron chi connectivity index (χ0n) is 11.0. The van der Waals surface area contributed by atoms with Gasteiger partial charge in [-0.2, -0.15) is 5.10 Å². The second kappa shape index (κ2) is 7.26. The lowest BCUT2D eigenvalue weighted by Gasteiger charge is -2.03. The number of rotatable bonds is 5. The fourth-order valence-electron chi connectivity index (χ4n) is 1.63. The largest absolute Gasteiger partial charge is 0.478 e. The molecule has 0 fully saturated rings. The third-order valence-corrected chi connectivity index (χ3v) is 2.97. The first-order chi connectivity index (χ1) is 10.2. The molecular formula is C16H13ClN2O2. The van der Waals surface area contributed by atoms with E-state index >= 15 is 0 Å². The molecule has 0 radical (unpaired) electrons. The van der Waals surface area contributed by atoms with E-state index in [1.54, 1.807) is 18.4 Å². The lowest BCUT2D eigenvalue weighted by Crippen LogP contribution is -1.99. The summed E-state index contributed by atoms with van der Waals surface area (Å²) in [6.45, 7) is 0. The summed E-state index contributed by atoms with van der Waals surface area (Å²) >= 11 is 5.78. The molecule has 0 aliphatic carbocycles. The van der Waals surface area contributed by atoms with E-state index in [2.05, 4.69) is 10.5 Å². The number of hydrogen-bond donors (Lipinski definition) is 2. The van der Waals surface area contributed by atoms with E-state index in [-0.39, 0.29) is 10.6 Å². The molecule has 0 saturated carbocycles. The number of carboxylic acid groups (broad SMARTS) is 1. The molecule has 0 aromatic heterocycles. The van der Waals surface area contributed by atoms with Crippen LogP contribution in [0.5, 0.6) is 0 Å². The number of hydrazone groups is 1. The van der Waals surface area contributed by atoms with Crippen molar-refractivity contribution in [1.29, 1.82) is 0 Å². The number of aromatic carboxylic acids is 1. The van der Waals surface area contributed by atoms with E-state index in [1.165, 1.54) is 12.1 Å². The Morgan fingerprint density at radius 1 is 1.19 bits per heavy atom. The summed E-state index contributed by atoms with van der Waals surface area (Å²) in [6.07, 6.45) is 5.29. The number of hydrogen-bond acceptors (Lipinski definition) is 3. The normalized spacial score (nSPS) is 11.1. The van der Waals surface area contributed by atoms with Crippen molar-refractivity contribution in [3.8, 4) is 0 Å². The summed E-state index contributed by atoms with van der Waals surface area (Å²) in [5.74, 6) is -1.07. The number of halogens is 1. The predicted molar refractivity (Wildman–Crippen MR) is 86.0 cm³/mol. The summed E-state index contributed by atoms with van der Waals surface area (Å²) in [7, 11) is 0. The lowest BCUT2D eigenvalue weighted by atomic mass is 10.2. The van der Waals surface area contributed by atoms with Gasteiger partial charge in [0.2, 0.25) is 0 Å². The number of nitrogens with one attached hydrogen (secondary N) is 1. The zero-order valence-corrected chi connectivity index (χ0v) is 11.8. The Morgan fingerprint density at radius 2 is 1.95 bits per heavy atom.